The lowest BCUT2D eigenvalue weighted by Crippen LogP contribution is -2.42. The average Bonchev–Trinajstić information content (AvgIpc) is 2.78. The third-order valence-electron chi connectivity index (χ3n) is 3.29. The van der Waals surface area contributed by atoms with Gasteiger partial charge in [0.1, 0.15) is 5.82 Å². The lowest BCUT2D eigenvalue weighted by Gasteiger charge is -2.10. The van der Waals surface area contributed by atoms with Crippen molar-refractivity contribution in [3.05, 3.63) is 34.6 Å². The van der Waals surface area contributed by atoms with Gasteiger partial charge >= 0.3 is 0 Å². The molecule has 1 aliphatic heterocycles. The van der Waals surface area contributed by atoms with Gasteiger partial charge in [-0.25, -0.2) is 12.8 Å². The van der Waals surface area contributed by atoms with E-state index < -0.39 is 27.5 Å². The first-order valence-corrected chi connectivity index (χ1v) is 8.71. The van der Waals surface area contributed by atoms with Crippen LogP contribution in [0.4, 0.5) is 4.39 Å². The maximum atomic E-state index is 13.5. The third-order valence-corrected chi connectivity index (χ3v) is 5.36. The molecule has 0 saturated carbocycles. The Bertz CT molecular complexity index is 708. The minimum atomic E-state index is -3.06. The first-order chi connectivity index (χ1) is 10.3. The highest BCUT2D eigenvalue weighted by Crippen LogP contribution is 2.21. The molecule has 1 aliphatic rings. The van der Waals surface area contributed by atoms with Crippen LogP contribution in [-0.4, -0.2) is 31.7 Å². The largest absolute Gasteiger partial charge is 0.273 e. The molecule has 9 heteroatoms. The van der Waals surface area contributed by atoms with Crippen LogP contribution in [0.5, 0.6) is 0 Å². The van der Waals surface area contributed by atoms with Gasteiger partial charge in [-0.3, -0.25) is 20.4 Å². The van der Waals surface area contributed by atoms with Crippen LogP contribution in [0.25, 0.3) is 0 Å². The first-order valence-electron chi connectivity index (χ1n) is 6.51. The van der Waals surface area contributed by atoms with E-state index in [1.54, 1.807) is 0 Å². The number of sulfone groups is 1. The highest BCUT2D eigenvalue weighted by atomic mass is 35.5. The number of rotatable bonds is 3. The molecule has 2 amide bonds. The van der Waals surface area contributed by atoms with Crippen LogP contribution >= 0.6 is 11.6 Å². The van der Waals surface area contributed by atoms with E-state index in [1.165, 1.54) is 6.07 Å². The van der Waals surface area contributed by atoms with Crippen LogP contribution in [0.15, 0.2) is 18.2 Å². The number of hydrazine groups is 1. The van der Waals surface area contributed by atoms with Crippen LogP contribution in [-0.2, 0) is 14.6 Å². The summed E-state index contributed by atoms with van der Waals surface area (Å²) in [6.45, 7) is 0. The zero-order valence-corrected chi connectivity index (χ0v) is 13.0. The molecule has 0 radical (unpaired) electrons. The van der Waals surface area contributed by atoms with Gasteiger partial charge in [0.25, 0.3) is 5.91 Å². The molecule has 1 fully saturated rings. The summed E-state index contributed by atoms with van der Waals surface area (Å²) in [4.78, 5) is 23.4. The quantitative estimate of drug-likeness (QED) is 0.799. The summed E-state index contributed by atoms with van der Waals surface area (Å²) in [7, 11) is -3.06. The van der Waals surface area contributed by atoms with Crippen molar-refractivity contribution >= 4 is 33.3 Å². The van der Waals surface area contributed by atoms with Crippen molar-refractivity contribution in [2.75, 3.05) is 11.5 Å². The van der Waals surface area contributed by atoms with Gasteiger partial charge in [-0.15, -0.1) is 0 Å². The van der Waals surface area contributed by atoms with Crippen LogP contribution in [0.2, 0.25) is 5.02 Å². The Hall–Kier alpha value is -1.67. The fourth-order valence-electron chi connectivity index (χ4n) is 2.21. The van der Waals surface area contributed by atoms with Crippen molar-refractivity contribution < 1.29 is 22.4 Å². The highest BCUT2D eigenvalue weighted by Gasteiger charge is 2.29. The summed E-state index contributed by atoms with van der Waals surface area (Å²) in [5, 5.41) is 0.189. The van der Waals surface area contributed by atoms with Gasteiger partial charge in [-0.2, -0.15) is 0 Å². The second-order valence-corrected chi connectivity index (χ2v) is 7.76. The molecule has 1 aromatic rings. The van der Waals surface area contributed by atoms with Crippen LogP contribution in [0.1, 0.15) is 23.2 Å². The van der Waals surface area contributed by atoms with Gasteiger partial charge in [-0.1, -0.05) is 11.6 Å². The lowest BCUT2D eigenvalue weighted by molar-refractivity contribution is -0.122. The van der Waals surface area contributed by atoms with Gasteiger partial charge in [0.05, 0.1) is 17.1 Å². The van der Waals surface area contributed by atoms with E-state index in [0.717, 1.165) is 12.1 Å². The Kier molecular flexibility index (Phi) is 5.02. The molecule has 1 saturated heterocycles. The SMILES string of the molecule is O=C(C[C@@H]1CCS(=O)(=O)C1)NNC(=O)c1cc(Cl)ccc1F. The van der Waals surface area contributed by atoms with Crippen molar-refractivity contribution in [3.63, 3.8) is 0 Å². The van der Waals surface area contributed by atoms with Crippen molar-refractivity contribution in [2.45, 2.75) is 12.8 Å². The van der Waals surface area contributed by atoms with Crippen molar-refractivity contribution in [2.24, 2.45) is 5.92 Å². The number of halogens is 2. The average molecular weight is 349 g/mol. The number of amides is 2. The normalized spacial score (nSPS) is 19.6. The number of hydrogen-bond donors (Lipinski definition) is 2. The molecule has 2 N–H and O–H groups in total. The number of benzene rings is 1. The van der Waals surface area contributed by atoms with E-state index in [9.17, 15) is 22.4 Å². The fourth-order valence-corrected chi connectivity index (χ4v) is 4.25. The molecule has 120 valence electrons. The Labute approximate surface area is 131 Å². The summed E-state index contributed by atoms with van der Waals surface area (Å²) < 4.78 is 36.0. The Morgan fingerprint density at radius 2 is 2.05 bits per heavy atom. The lowest BCUT2D eigenvalue weighted by atomic mass is 10.1. The van der Waals surface area contributed by atoms with E-state index in [1.807, 2.05) is 0 Å². The second kappa shape index (κ2) is 6.62. The third kappa shape index (κ3) is 4.41. The summed E-state index contributed by atoms with van der Waals surface area (Å²) in [5.74, 6) is -2.35. The summed E-state index contributed by atoms with van der Waals surface area (Å²) >= 11 is 5.67. The molecule has 1 heterocycles. The molecule has 0 bridgehead atoms. The first kappa shape index (κ1) is 16.7. The van der Waals surface area contributed by atoms with Crippen molar-refractivity contribution in [1.82, 2.24) is 10.9 Å². The molecule has 22 heavy (non-hydrogen) atoms. The van der Waals surface area contributed by atoms with Gasteiger partial charge in [-0.05, 0) is 30.5 Å². The van der Waals surface area contributed by atoms with Gasteiger partial charge in [0.15, 0.2) is 9.84 Å². The van der Waals surface area contributed by atoms with Crippen molar-refractivity contribution in [1.29, 1.82) is 0 Å². The number of carbonyl (C=O) groups is 2. The van der Waals surface area contributed by atoms with E-state index in [4.69, 9.17) is 11.6 Å². The number of nitrogens with one attached hydrogen (secondary N) is 2. The molecule has 0 spiro atoms. The topological polar surface area (TPSA) is 92.3 Å². The predicted octanol–water partition coefficient (Wildman–Crippen LogP) is 1.06. The molecule has 6 nitrogen and oxygen atoms in total. The Balaban J connectivity index is 1.86. The smallest absolute Gasteiger partial charge is 0.272 e. The van der Waals surface area contributed by atoms with E-state index >= 15 is 0 Å². The van der Waals surface area contributed by atoms with Gasteiger partial charge in [0.2, 0.25) is 5.91 Å². The van der Waals surface area contributed by atoms with Crippen LogP contribution < -0.4 is 10.9 Å². The summed E-state index contributed by atoms with van der Waals surface area (Å²) in [5.41, 5.74) is 3.92. The van der Waals surface area contributed by atoms with Crippen LogP contribution in [0.3, 0.4) is 0 Å². The van der Waals surface area contributed by atoms with Crippen LogP contribution in [0, 0.1) is 11.7 Å². The van der Waals surface area contributed by atoms with Crippen molar-refractivity contribution in [3.8, 4) is 0 Å². The molecular weight excluding hydrogens is 335 g/mol. The zero-order chi connectivity index (χ0) is 16.3. The van der Waals surface area contributed by atoms with Gasteiger partial charge in [0, 0.05) is 11.4 Å². The highest BCUT2D eigenvalue weighted by molar-refractivity contribution is 7.91. The molecule has 0 unspecified atom stereocenters. The Morgan fingerprint density at radius 1 is 1.32 bits per heavy atom. The van der Waals surface area contributed by atoms with E-state index in [-0.39, 0.29) is 34.4 Å². The molecule has 0 aromatic heterocycles. The number of hydrogen-bond acceptors (Lipinski definition) is 4. The number of carbonyl (C=O) groups excluding carboxylic acids is 2. The maximum absolute atomic E-state index is 13.5. The maximum Gasteiger partial charge on any atom is 0.272 e. The molecular formula is C13H14ClFN2O4S. The summed E-state index contributed by atoms with van der Waals surface area (Å²) in [6.07, 6.45) is 0.407. The Morgan fingerprint density at radius 3 is 2.68 bits per heavy atom. The second-order valence-electron chi connectivity index (χ2n) is 5.10. The zero-order valence-electron chi connectivity index (χ0n) is 11.4. The summed E-state index contributed by atoms with van der Waals surface area (Å²) in [6, 6.07) is 3.48. The predicted molar refractivity (Wildman–Crippen MR) is 78.4 cm³/mol. The minimum absolute atomic E-state index is 0.0163. The molecule has 1 aromatic carbocycles. The van der Waals surface area contributed by atoms with E-state index in [2.05, 4.69) is 10.9 Å². The molecule has 1 atom stereocenters. The standard InChI is InChI=1S/C13H14ClFN2O4S/c14-9-1-2-11(15)10(6-9)13(19)17-16-12(18)5-8-3-4-22(20,21)7-8/h1-2,6,8H,3-5,7H2,(H,16,18)(H,17,19)/t8-/m0/s1. The minimum Gasteiger partial charge on any atom is -0.273 e. The fraction of sp³-hybridized carbons (Fsp3) is 0.385. The van der Waals surface area contributed by atoms with Gasteiger partial charge < -0.3 is 0 Å². The van der Waals surface area contributed by atoms with E-state index in [0.29, 0.717) is 6.42 Å². The monoisotopic (exact) mass is 348 g/mol. The molecule has 2 rings (SSSR count). The molecule has 0 aliphatic carbocycles.